The normalized spacial score (nSPS) is 27.3. The Morgan fingerprint density at radius 1 is 0.867 bits per heavy atom. The molecular formula is C33H39Cl2N4O5P. The van der Waals surface area contributed by atoms with E-state index >= 15 is 0 Å². The van der Waals surface area contributed by atoms with Gasteiger partial charge in [-0.25, -0.2) is 9.99 Å². The van der Waals surface area contributed by atoms with Crippen LogP contribution in [0.15, 0.2) is 103 Å². The van der Waals surface area contributed by atoms with Crippen LogP contribution in [0.5, 0.6) is 0 Å². The number of aliphatic hydroxyl groups is 2. The molecule has 12 heteroatoms. The summed E-state index contributed by atoms with van der Waals surface area (Å²) in [4.78, 5) is 4.13. The van der Waals surface area contributed by atoms with E-state index in [0.717, 1.165) is 16.7 Å². The first-order valence-electron chi connectivity index (χ1n) is 15.2. The Balaban J connectivity index is 1.46. The van der Waals surface area contributed by atoms with Crippen LogP contribution in [-0.4, -0.2) is 88.5 Å². The van der Waals surface area contributed by atoms with Gasteiger partial charge < -0.3 is 24.6 Å². The SMILES string of the molecule is CC1=CN([C@H]2CN(C(c3ccccc3)(c3ccccc3)c3ccccc3)C[C@H](CC3CN(P(=O)(Cl)Cl)CCO3)O2)C(O)NC1O. The van der Waals surface area contributed by atoms with Crippen molar-refractivity contribution in [3.63, 3.8) is 0 Å². The van der Waals surface area contributed by atoms with E-state index in [0.29, 0.717) is 44.8 Å². The lowest BCUT2D eigenvalue weighted by Crippen LogP contribution is -2.64. The van der Waals surface area contributed by atoms with Gasteiger partial charge in [-0.2, -0.15) is 0 Å². The zero-order valence-electron chi connectivity index (χ0n) is 25.0. The van der Waals surface area contributed by atoms with Crippen molar-refractivity contribution in [1.82, 2.24) is 19.8 Å². The quantitative estimate of drug-likeness (QED) is 0.223. The molecule has 0 bridgehead atoms. The molecule has 3 heterocycles. The van der Waals surface area contributed by atoms with Crippen molar-refractivity contribution in [3.05, 3.63) is 119 Å². The summed E-state index contributed by atoms with van der Waals surface area (Å²) in [5.41, 5.74) is 3.20. The van der Waals surface area contributed by atoms with Gasteiger partial charge in [0.15, 0.2) is 6.35 Å². The minimum Gasteiger partial charge on any atom is -0.375 e. The number of benzene rings is 3. The lowest BCUT2D eigenvalue weighted by atomic mass is 9.75. The maximum absolute atomic E-state index is 12.5. The Labute approximate surface area is 273 Å². The van der Waals surface area contributed by atoms with E-state index in [4.69, 9.17) is 32.0 Å². The monoisotopic (exact) mass is 672 g/mol. The van der Waals surface area contributed by atoms with Crippen LogP contribution < -0.4 is 5.32 Å². The number of aliphatic hydroxyl groups excluding tert-OH is 2. The largest absolute Gasteiger partial charge is 0.375 e. The van der Waals surface area contributed by atoms with Crippen LogP contribution in [0, 0.1) is 0 Å². The summed E-state index contributed by atoms with van der Waals surface area (Å²) in [5, 5.41) is 24.3. The lowest BCUT2D eigenvalue weighted by Gasteiger charge is -2.53. The van der Waals surface area contributed by atoms with E-state index in [9.17, 15) is 14.8 Å². The Bertz CT molecular complexity index is 1400. The molecule has 3 unspecified atom stereocenters. The molecule has 9 nitrogen and oxygen atoms in total. The van der Waals surface area contributed by atoms with E-state index in [1.807, 2.05) is 18.2 Å². The highest BCUT2D eigenvalue weighted by atomic mass is 35.9. The van der Waals surface area contributed by atoms with Crippen LogP contribution in [0.1, 0.15) is 30.0 Å². The van der Waals surface area contributed by atoms with Crippen LogP contribution in [-0.2, 0) is 19.6 Å². The second-order valence-corrected chi connectivity index (χ2v) is 16.5. The number of hydrogen-bond acceptors (Lipinski definition) is 8. The second kappa shape index (κ2) is 13.8. The van der Waals surface area contributed by atoms with Crippen molar-refractivity contribution in [2.45, 2.75) is 49.9 Å². The lowest BCUT2D eigenvalue weighted by molar-refractivity contribution is -0.205. The van der Waals surface area contributed by atoms with Crippen LogP contribution >= 0.6 is 28.5 Å². The number of halogens is 2. The highest BCUT2D eigenvalue weighted by Crippen LogP contribution is 2.60. The highest BCUT2D eigenvalue weighted by Gasteiger charge is 2.48. The van der Waals surface area contributed by atoms with Crippen molar-refractivity contribution >= 4 is 28.5 Å². The number of morpholine rings is 2. The van der Waals surface area contributed by atoms with Crippen molar-refractivity contribution in [3.8, 4) is 0 Å². The third-order valence-corrected chi connectivity index (χ3v) is 11.2. The molecule has 6 rings (SSSR count). The first-order valence-corrected chi connectivity index (χ1v) is 18.6. The summed E-state index contributed by atoms with van der Waals surface area (Å²) in [5.74, 6) is -3.48. The summed E-state index contributed by atoms with van der Waals surface area (Å²) in [6.45, 7) is 3.80. The average molecular weight is 674 g/mol. The van der Waals surface area contributed by atoms with Gasteiger partial charge in [0.05, 0.1) is 24.4 Å². The molecule has 0 aliphatic carbocycles. The Hall–Kier alpha value is -2.27. The fourth-order valence-electron chi connectivity index (χ4n) is 6.80. The van der Waals surface area contributed by atoms with Gasteiger partial charge >= 0.3 is 6.00 Å². The highest BCUT2D eigenvalue weighted by molar-refractivity contribution is 8.06. The molecule has 240 valence electrons. The molecule has 0 aromatic heterocycles. The van der Waals surface area contributed by atoms with Crippen molar-refractivity contribution in [2.75, 3.05) is 32.8 Å². The van der Waals surface area contributed by atoms with Crippen LogP contribution in [0.3, 0.4) is 0 Å². The van der Waals surface area contributed by atoms with Gasteiger partial charge in [0.25, 0.3) is 0 Å². The van der Waals surface area contributed by atoms with Gasteiger partial charge in [0.1, 0.15) is 12.5 Å². The second-order valence-electron chi connectivity index (χ2n) is 11.8. The van der Waals surface area contributed by atoms with Crippen molar-refractivity contribution in [1.29, 1.82) is 0 Å². The minimum absolute atomic E-state index is 0.315. The maximum Gasteiger partial charge on any atom is 0.322 e. The van der Waals surface area contributed by atoms with Crippen LogP contribution in [0.2, 0.25) is 0 Å². The molecule has 3 N–H and O–H groups in total. The Morgan fingerprint density at radius 2 is 1.42 bits per heavy atom. The minimum atomic E-state index is -3.48. The molecular weight excluding hydrogens is 634 g/mol. The van der Waals surface area contributed by atoms with E-state index in [1.54, 1.807) is 22.7 Å². The smallest absolute Gasteiger partial charge is 0.322 e. The standard InChI is InChI=1S/C33H39Cl2N4O5P/c1-24-20-39(32(41)36-31(24)40)30-23-37(21-29(44-30)19-28-22-38(17-18-43-28)45(34,35)42)33(25-11-5-2-6-12-25,26-13-7-3-8-14-26)27-15-9-4-10-16-27/h2-16,20,28-32,36,40-41H,17-19,21-23H2,1H3/t28?,29-,30+,31?,32?/m0/s1. The summed E-state index contributed by atoms with van der Waals surface area (Å²) in [7, 11) is 0. The summed E-state index contributed by atoms with van der Waals surface area (Å²) >= 11 is 12.1. The first-order chi connectivity index (χ1) is 21.7. The Kier molecular flexibility index (Phi) is 10.0. The fourth-order valence-corrected chi connectivity index (χ4v) is 8.31. The Morgan fingerprint density at radius 3 is 1.96 bits per heavy atom. The molecule has 45 heavy (non-hydrogen) atoms. The predicted octanol–water partition coefficient (Wildman–Crippen LogP) is 5.09. The molecule has 0 saturated carbocycles. The van der Waals surface area contributed by atoms with Gasteiger partial charge in [0, 0.05) is 38.8 Å². The van der Waals surface area contributed by atoms with Gasteiger partial charge in [-0.15, -0.1) is 0 Å². The topological polar surface area (TPSA) is 97.7 Å². The van der Waals surface area contributed by atoms with Crippen molar-refractivity contribution in [2.24, 2.45) is 0 Å². The van der Waals surface area contributed by atoms with Gasteiger partial charge in [0.2, 0.25) is 0 Å². The molecule has 3 aliphatic heterocycles. The van der Waals surface area contributed by atoms with Gasteiger partial charge in [-0.3, -0.25) is 9.46 Å². The molecule has 0 radical (unpaired) electrons. The van der Waals surface area contributed by atoms with Gasteiger partial charge in [-0.05, 0) is 51.7 Å². The predicted molar refractivity (Wildman–Crippen MR) is 175 cm³/mol. The summed E-state index contributed by atoms with van der Waals surface area (Å²) in [6.07, 6.45) is -1.19. The molecule has 2 saturated heterocycles. The first kappa shape index (κ1) is 32.7. The van der Waals surface area contributed by atoms with E-state index in [2.05, 4.69) is 83.0 Å². The summed E-state index contributed by atoms with van der Waals surface area (Å²) in [6, 6.07) is 31.3. The number of ether oxygens (including phenoxy) is 2. The number of nitrogens with one attached hydrogen (secondary N) is 1. The third-order valence-electron chi connectivity index (χ3n) is 8.88. The van der Waals surface area contributed by atoms with Gasteiger partial charge in [-0.1, -0.05) is 91.0 Å². The average Bonchev–Trinajstić information content (AvgIpc) is 3.04. The molecule has 5 atom stereocenters. The zero-order chi connectivity index (χ0) is 31.6. The zero-order valence-corrected chi connectivity index (χ0v) is 27.4. The van der Waals surface area contributed by atoms with E-state index in [-0.39, 0.29) is 12.2 Å². The summed E-state index contributed by atoms with van der Waals surface area (Å²) < 4.78 is 27.0. The molecule has 3 aromatic rings. The number of nitrogens with zero attached hydrogens (tertiary/aromatic N) is 3. The molecule has 0 amide bonds. The fraction of sp³-hybridized carbons (Fsp3) is 0.394. The molecule has 2 fully saturated rings. The third kappa shape index (κ3) is 6.90. The number of rotatable bonds is 8. The van der Waals surface area contributed by atoms with E-state index < -0.39 is 30.3 Å². The van der Waals surface area contributed by atoms with Crippen LogP contribution in [0.4, 0.5) is 0 Å². The molecule has 0 spiro atoms. The molecule has 3 aromatic carbocycles. The molecule has 3 aliphatic rings. The number of hydrogen-bond donors (Lipinski definition) is 3. The maximum atomic E-state index is 12.5. The van der Waals surface area contributed by atoms with E-state index in [1.165, 1.54) is 0 Å². The van der Waals surface area contributed by atoms with Crippen LogP contribution in [0.25, 0.3) is 0 Å². The van der Waals surface area contributed by atoms with Crippen molar-refractivity contribution < 1.29 is 24.3 Å².